The Morgan fingerprint density at radius 1 is 1.21 bits per heavy atom. The molecule has 8 nitrogen and oxygen atoms in total. The van der Waals surface area contributed by atoms with Crippen LogP contribution in [0.4, 0.5) is 4.79 Å². The van der Waals surface area contributed by atoms with Gasteiger partial charge in [-0.3, -0.25) is 19.6 Å². The van der Waals surface area contributed by atoms with Crippen LogP contribution in [0, 0.1) is 19.8 Å². The van der Waals surface area contributed by atoms with Crippen molar-refractivity contribution < 1.29 is 14.4 Å². The first-order valence-corrected chi connectivity index (χ1v) is 10.1. The smallest absolute Gasteiger partial charge is 0.325 e. The standard InChI is InChI=1S/C20H31N5O3/c1-6-16-14(4)22-25(15(16)5)12-17(26)23-9-7-20(8-10-23)18(27)21-19(28)24(20)11-13(2)3/h13H,6-12H2,1-5H3,(H,21,27,28). The third-order valence-corrected chi connectivity index (χ3v) is 6.07. The Kier molecular flexibility index (Phi) is 5.50. The Balaban J connectivity index is 1.68. The van der Waals surface area contributed by atoms with E-state index in [1.165, 1.54) is 5.56 Å². The molecule has 1 N–H and O–H groups in total. The molecule has 0 radical (unpaired) electrons. The third-order valence-electron chi connectivity index (χ3n) is 6.07. The molecule has 3 heterocycles. The highest BCUT2D eigenvalue weighted by atomic mass is 16.2. The number of amides is 4. The number of nitrogens with zero attached hydrogens (tertiary/aromatic N) is 4. The number of aromatic nitrogens is 2. The van der Waals surface area contributed by atoms with Crippen LogP contribution in [0.5, 0.6) is 0 Å². The molecule has 0 atom stereocenters. The number of piperidine rings is 1. The van der Waals surface area contributed by atoms with Crippen LogP contribution >= 0.6 is 0 Å². The summed E-state index contributed by atoms with van der Waals surface area (Å²) >= 11 is 0. The van der Waals surface area contributed by atoms with Gasteiger partial charge in [0.25, 0.3) is 5.91 Å². The van der Waals surface area contributed by atoms with Gasteiger partial charge in [0, 0.05) is 25.3 Å². The maximum absolute atomic E-state index is 12.8. The van der Waals surface area contributed by atoms with Crippen molar-refractivity contribution in [2.45, 2.75) is 66.0 Å². The van der Waals surface area contributed by atoms with Crippen molar-refractivity contribution in [1.29, 1.82) is 0 Å². The quantitative estimate of drug-likeness (QED) is 0.776. The number of hydrogen-bond acceptors (Lipinski definition) is 4. The predicted octanol–water partition coefficient (Wildman–Crippen LogP) is 1.63. The van der Waals surface area contributed by atoms with Gasteiger partial charge in [-0.1, -0.05) is 20.8 Å². The van der Waals surface area contributed by atoms with Crippen molar-refractivity contribution in [1.82, 2.24) is 24.9 Å². The number of aryl methyl sites for hydroxylation is 1. The summed E-state index contributed by atoms with van der Waals surface area (Å²) in [4.78, 5) is 41.1. The minimum atomic E-state index is -0.814. The second-order valence-corrected chi connectivity index (χ2v) is 8.34. The summed E-state index contributed by atoms with van der Waals surface area (Å²) in [6.45, 7) is 11.8. The second-order valence-electron chi connectivity index (χ2n) is 8.34. The molecule has 28 heavy (non-hydrogen) atoms. The van der Waals surface area contributed by atoms with Crippen LogP contribution in [0.3, 0.4) is 0 Å². The van der Waals surface area contributed by atoms with Gasteiger partial charge in [-0.05, 0) is 44.6 Å². The summed E-state index contributed by atoms with van der Waals surface area (Å²) in [6, 6.07) is -0.312. The normalized spacial score (nSPS) is 19.1. The van der Waals surface area contributed by atoms with E-state index in [4.69, 9.17) is 0 Å². The first-order chi connectivity index (χ1) is 13.2. The summed E-state index contributed by atoms with van der Waals surface area (Å²) in [5, 5.41) is 6.98. The average molecular weight is 390 g/mol. The number of hydrogen-bond donors (Lipinski definition) is 1. The fourth-order valence-corrected chi connectivity index (χ4v) is 4.47. The maximum Gasteiger partial charge on any atom is 0.325 e. The Hall–Kier alpha value is -2.38. The molecular formula is C20H31N5O3. The molecule has 2 aliphatic rings. The van der Waals surface area contributed by atoms with Crippen LogP contribution in [0.25, 0.3) is 0 Å². The molecule has 8 heteroatoms. The van der Waals surface area contributed by atoms with Crippen molar-refractivity contribution in [3.8, 4) is 0 Å². The zero-order valence-corrected chi connectivity index (χ0v) is 17.5. The van der Waals surface area contributed by atoms with E-state index in [0.29, 0.717) is 32.5 Å². The van der Waals surface area contributed by atoms with E-state index in [0.717, 1.165) is 17.8 Å². The van der Waals surface area contributed by atoms with E-state index in [2.05, 4.69) is 17.3 Å². The number of urea groups is 1. The van der Waals surface area contributed by atoms with Gasteiger partial charge in [0.05, 0.1) is 5.69 Å². The fourth-order valence-electron chi connectivity index (χ4n) is 4.47. The lowest BCUT2D eigenvalue weighted by Crippen LogP contribution is -2.58. The summed E-state index contributed by atoms with van der Waals surface area (Å²) in [5.41, 5.74) is 2.38. The van der Waals surface area contributed by atoms with Crippen molar-refractivity contribution in [2.75, 3.05) is 19.6 Å². The van der Waals surface area contributed by atoms with E-state index < -0.39 is 5.54 Å². The van der Waals surface area contributed by atoms with Gasteiger partial charge < -0.3 is 9.80 Å². The monoisotopic (exact) mass is 389 g/mol. The molecule has 0 unspecified atom stereocenters. The molecule has 1 aromatic heterocycles. The van der Waals surface area contributed by atoms with Gasteiger partial charge >= 0.3 is 6.03 Å². The molecule has 2 saturated heterocycles. The molecule has 0 aromatic carbocycles. The zero-order valence-electron chi connectivity index (χ0n) is 17.5. The van der Waals surface area contributed by atoms with E-state index in [-0.39, 0.29) is 30.3 Å². The van der Waals surface area contributed by atoms with Crippen LogP contribution in [0.15, 0.2) is 0 Å². The van der Waals surface area contributed by atoms with Crippen LogP contribution in [-0.4, -0.2) is 62.6 Å². The molecule has 0 aliphatic carbocycles. The van der Waals surface area contributed by atoms with Gasteiger partial charge in [0.15, 0.2) is 0 Å². The van der Waals surface area contributed by atoms with Crippen molar-refractivity contribution in [3.05, 3.63) is 17.0 Å². The SMILES string of the molecule is CCc1c(C)nn(CC(=O)N2CCC3(CC2)C(=O)NC(=O)N3CC(C)C)c1C. The highest BCUT2D eigenvalue weighted by molar-refractivity contribution is 6.07. The summed E-state index contributed by atoms with van der Waals surface area (Å²) in [6.07, 6.45) is 1.84. The Labute approximate surface area is 166 Å². The average Bonchev–Trinajstić information content (AvgIpc) is 3.03. The van der Waals surface area contributed by atoms with Crippen molar-refractivity contribution >= 4 is 17.8 Å². The Bertz CT molecular complexity index is 790. The molecule has 154 valence electrons. The first kappa shape index (κ1) is 20.4. The first-order valence-electron chi connectivity index (χ1n) is 10.1. The van der Waals surface area contributed by atoms with E-state index in [1.807, 2.05) is 27.7 Å². The topological polar surface area (TPSA) is 87.5 Å². The summed E-state index contributed by atoms with van der Waals surface area (Å²) in [7, 11) is 0. The zero-order chi connectivity index (χ0) is 20.6. The largest absolute Gasteiger partial charge is 0.341 e. The molecule has 2 fully saturated rings. The minimum Gasteiger partial charge on any atom is -0.341 e. The predicted molar refractivity (Wildman–Crippen MR) is 105 cm³/mol. The minimum absolute atomic E-state index is 0.00300. The summed E-state index contributed by atoms with van der Waals surface area (Å²) in [5.74, 6) is 0.0478. The van der Waals surface area contributed by atoms with Crippen LogP contribution in [0.2, 0.25) is 0 Å². The van der Waals surface area contributed by atoms with Gasteiger partial charge in [0.2, 0.25) is 5.91 Å². The molecular weight excluding hydrogens is 358 g/mol. The molecule has 3 rings (SSSR count). The molecule has 1 aromatic rings. The van der Waals surface area contributed by atoms with Crippen molar-refractivity contribution in [2.24, 2.45) is 5.92 Å². The van der Waals surface area contributed by atoms with Gasteiger partial charge in [-0.25, -0.2) is 4.79 Å². The molecule has 2 aliphatic heterocycles. The van der Waals surface area contributed by atoms with Crippen molar-refractivity contribution in [3.63, 3.8) is 0 Å². The molecule has 4 amide bonds. The lowest BCUT2D eigenvalue weighted by atomic mass is 9.85. The highest BCUT2D eigenvalue weighted by Crippen LogP contribution is 2.34. The number of likely N-dealkylation sites (tertiary alicyclic amines) is 1. The number of nitrogens with one attached hydrogen (secondary N) is 1. The number of carbonyl (C=O) groups is 3. The number of rotatable bonds is 5. The van der Waals surface area contributed by atoms with E-state index in [1.54, 1.807) is 14.5 Å². The lowest BCUT2D eigenvalue weighted by molar-refractivity contribution is -0.138. The highest BCUT2D eigenvalue weighted by Gasteiger charge is 2.54. The van der Waals surface area contributed by atoms with E-state index >= 15 is 0 Å². The second kappa shape index (κ2) is 7.56. The van der Waals surface area contributed by atoms with Gasteiger partial charge in [-0.2, -0.15) is 5.10 Å². The van der Waals surface area contributed by atoms with Crippen LogP contribution in [-0.2, 0) is 22.6 Å². The van der Waals surface area contributed by atoms with E-state index in [9.17, 15) is 14.4 Å². The number of imide groups is 1. The molecule has 0 saturated carbocycles. The summed E-state index contributed by atoms with van der Waals surface area (Å²) < 4.78 is 1.78. The van der Waals surface area contributed by atoms with Crippen LogP contribution in [0.1, 0.15) is 50.6 Å². The molecule has 1 spiro atoms. The number of carbonyl (C=O) groups excluding carboxylic acids is 3. The Morgan fingerprint density at radius 3 is 2.39 bits per heavy atom. The van der Waals surface area contributed by atoms with Gasteiger partial charge in [0.1, 0.15) is 12.1 Å². The fraction of sp³-hybridized carbons (Fsp3) is 0.700. The Morgan fingerprint density at radius 2 is 1.86 bits per heavy atom. The molecule has 0 bridgehead atoms. The lowest BCUT2D eigenvalue weighted by Gasteiger charge is -2.42. The van der Waals surface area contributed by atoms with Gasteiger partial charge in [-0.15, -0.1) is 0 Å². The van der Waals surface area contributed by atoms with Crippen LogP contribution < -0.4 is 5.32 Å². The maximum atomic E-state index is 12.8. The third kappa shape index (κ3) is 3.40.